The normalized spacial score (nSPS) is 12.8. The van der Waals surface area contributed by atoms with Crippen LogP contribution in [0.1, 0.15) is 18.4 Å². The number of fused-ring (bicyclic) bond motifs is 1. The third kappa shape index (κ3) is 8.62. The summed E-state index contributed by atoms with van der Waals surface area (Å²) in [6, 6.07) is 17.4. The van der Waals surface area contributed by atoms with Gasteiger partial charge in [0.25, 0.3) is 5.91 Å². The lowest BCUT2D eigenvalue weighted by atomic mass is 10.1. The lowest BCUT2D eigenvalue weighted by molar-refractivity contribution is -0.139. The average molecular weight is 556 g/mol. The maximum absolute atomic E-state index is 13.5. The highest BCUT2D eigenvalue weighted by Gasteiger charge is 2.32. The Bertz CT molecular complexity index is 1460. The zero-order valence-electron chi connectivity index (χ0n) is 20.9. The molecular formula is C27H29N3O8S. The fourth-order valence-electron chi connectivity index (χ4n) is 3.97. The van der Waals surface area contributed by atoms with Crippen LogP contribution < -0.4 is 16.0 Å². The van der Waals surface area contributed by atoms with E-state index in [0.29, 0.717) is 5.56 Å². The van der Waals surface area contributed by atoms with Crippen LogP contribution in [0.5, 0.6) is 0 Å². The smallest absolute Gasteiger partial charge is 0.323 e. The Kier molecular flexibility index (Phi) is 9.74. The molecule has 0 spiro atoms. The minimum absolute atomic E-state index is 0.198. The summed E-state index contributed by atoms with van der Waals surface area (Å²) in [5.41, 5.74) is 6.12. The number of carbonyl (C=O) groups is 4. The first-order chi connectivity index (χ1) is 18.4. The molecule has 0 aromatic heterocycles. The molecule has 39 heavy (non-hydrogen) atoms. The van der Waals surface area contributed by atoms with E-state index in [9.17, 15) is 32.7 Å². The van der Waals surface area contributed by atoms with Gasteiger partial charge in [0.05, 0.1) is 11.5 Å². The van der Waals surface area contributed by atoms with Crippen LogP contribution in [0.15, 0.2) is 72.8 Å². The molecule has 5 N–H and O–H groups in total. The van der Waals surface area contributed by atoms with Crippen LogP contribution in [0.25, 0.3) is 10.8 Å². The van der Waals surface area contributed by atoms with Gasteiger partial charge in [-0.05, 0) is 34.9 Å². The van der Waals surface area contributed by atoms with Gasteiger partial charge in [0, 0.05) is 12.1 Å². The Labute approximate surface area is 225 Å². The van der Waals surface area contributed by atoms with Crippen molar-refractivity contribution in [1.82, 2.24) is 5.32 Å². The number of hydrogen-bond donors (Lipinski definition) is 4. The number of nitrogens with zero attached hydrogens (tertiary/aromatic N) is 1. The highest BCUT2D eigenvalue weighted by atomic mass is 32.2. The molecule has 3 rings (SSSR count). The van der Waals surface area contributed by atoms with Gasteiger partial charge in [-0.15, -0.1) is 0 Å². The minimum atomic E-state index is -4.01. The second-order valence-corrected chi connectivity index (χ2v) is 11.1. The van der Waals surface area contributed by atoms with Crippen molar-refractivity contribution in [3.05, 3.63) is 78.4 Å². The summed E-state index contributed by atoms with van der Waals surface area (Å²) in [5, 5.41) is 22.5. The van der Waals surface area contributed by atoms with Gasteiger partial charge in [0.2, 0.25) is 5.91 Å². The Morgan fingerprint density at radius 1 is 0.897 bits per heavy atom. The van der Waals surface area contributed by atoms with Gasteiger partial charge < -0.3 is 21.3 Å². The number of aliphatic carboxylic acids is 2. The zero-order valence-corrected chi connectivity index (χ0v) is 21.7. The number of carboxylic acid groups (broad SMARTS) is 2. The number of para-hydroxylation sites is 1. The van der Waals surface area contributed by atoms with Gasteiger partial charge in [0.1, 0.15) is 18.6 Å². The molecule has 0 aliphatic rings. The number of nitrogens with one attached hydrogen (secondary N) is 1. The molecule has 11 nitrogen and oxygen atoms in total. The first kappa shape index (κ1) is 29.3. The second kappa shape index (κ2) is 13.0. The van der Waals surface area contributed by atoms with Gasteiger partial charge in [-0.25, -0.2) is 8.42 Å². The first-order valence-corrected chi connectivity index (χ1v) is 13.8. The Hall–Kier alpha value is -4.29. The predicted molar refractivity (Wildman–Crippen MR) is 145 cm³/mol. The van der Waals surface area contributed by atoms with Crippen molar-refractivity contribution in [2.75, 3.05) is 17.2 Å². The highest BCUT2D eigenvalue weighted by molar-refractivity contribution is 7.90. The van der Waals surface area contributed by atoms with Crippen LogP contribution >= 0.6 is 0 Å². The molecule has 0 aliphatic heterocycles. The molecule has 12 heteroatoms. The summed E-state index contributed by atoms with van der Waals surface area (Å²) in [6.45, 7) is -0.774. The van der Waals surface area contributed by atoms with Crippen molar-refractivity contribution in [3.8, 4) is 0 Å². The number of carboxylic acids is 2. The molecular weight excluding hydrogens is 526 g/mol. The van der Waals surface area contributed by atoms with E-state index < -0.39 is 63.7 Å². The van der Waals surface area contributed by atoms with E-state index in [0.717, 1.165) is 15.7 Å². The Balaban J connectivity index is 1.87. The molecule has 2 atom stereocenters. The van der Waals surface area contributed by atoms with E-state index in [1.165, 1.54) is 12.1 Å². The monoisotopic (exact) mass is 555 g/mol. The number of anilines is 1. The number of carbonyl (C=O) groups excluding carboxylic acids is 2. The van der Waals surface area contributed by atoms with Crippen LogP contribution in [0.4, 0.5) is 5.69 Å². The standard InChI is InChI=1S/C27H29N3O8S/c28-22(27(35)36)12-13-24(31)29-23(26(34)30(15-25(32)33)21-8-2-1-3-9-21)17-39(37,38)16-18-10-11-19-6-4-5-7-20(19)14-18/h1-11,14,22-23H,12-13,15-17,28H2,(H,29,31)(H,32,33)(H,35,36)/t22?,23-/m0/s1. The minimum Gasteiger partial charge on any atom is -0.480 e. The molecule has 0 aliphatic carbocycles. The van der Waals surface area contributed by atoms with Crippen LogP contribution in [0, 0.1) is 0 Å². The number of nitrogens with two attached hydrogens (primary N) is 1. The molecule has 0 bridgehead atoms. The third-order valence-electron chi connectivity index (χ3n) is 5.88. The lowest BCUT2D eigenvalue weighted by Gasteiger charge is -2.27. The number of amides is 2. The van der Waals surface area contributed by atoms with Crippen molar-refractivity contribution in [2.45, 2.75) is 30.7 Å². The number of hydrogen-bond acceptors (Lipinski definition) is 7. The molecule has 0 saturated carbocycles. The van der Waals surface area contributed by atoms with Gasteiger partial charge in [-0.1, -0.05) is 60.7 Å². The van der Waals surface area contributed by atoms with Crippen LogP contribution in [0.2, 0.25) is 0 Å². The van der Waals surface area contributed by atoms with Crippen molar-refractivity contribution >= 4 is 50.1 Å². The van der Waals surface area contributed by atoms with E-state index in [-0.39, 0.29) is 18.5 Å². The van der Waals surface area contributed by atoms with Crippen molar-refractivity contribution < 1.29 is 37.8 Å². The Morgan fingerprint density at radius 2 is 1.54 bits per heavy atom. The summed E-state index contributed by atoms with van der Waals surface area (Å²) in [6.07, 6.45) is -0.629. The molecule has 3 aromatic carbocycles. The van der Waals surface area contributed by atoms with E-state index in [4.69, 9.17) is 10.8 Å². The van der Waals surface area contributed by atoms with E-state index in [2.05, 4.69) is 5.32 Å². The quantitative estimate of drug-likeness (QED) is 0.243. The summed E-state index contributed by atoms with van der Waals surface area (Å²) in [7, 11) is -4.01. The number of rotatable bonds is 13. The maximum Gasteiger partial charge on any atom is 0.323 e. The van der Waals surface area contributed by atoms with E-state index in [1.54, 1.807) is 36.4 Å². The first-order valence-electron chi connectivity index (χ1n) is 12.0. The topological polar surface area (TPSA) is 184 Å². The maximum atomic E-state index is 13.5. The van der Waals surface area contributed by atoms with E-state index >= 15 is 0 Å². The molecule has 0 heterocycles. The van der Waals surface area contributed by atoms with Crippen molar-refractivity contribution in [1.29, 1.82) is 0 Å². The van der Waals surface area contributed by atoms with Crippen LogP contribution in [0.3, 0.4) is 0 Å². The summed E-state index contributed by atoms with van der Waals surface area (Å²) < 4.78 is 26.5. The highest BCUT2D eigenvalue weighted by Crippen LogP contribution is 2.19. The average Bonchev–Trinajstić information content (AvgIpc) is 2.89. The van der Waals surface area contributed by atoms with E-state index in [1.807, 2.05) is 24.3 Å². The van der Waals surface area contributed by atoms with Gasteiger partial charge in [-0.3, -0.25) is 24.1 Å². The summed E-state index contributed by atoms with van der Waals surface area (Å²) >= 11 is 0. The largest absolute Gasteiger partial charge is 0.480 e. The number of sulfone groups is 1. The summed E-state index contributed by atoms with van der Waals surface area (Å²) in [5.74, 6) is -5.63. The summed E-state index contributed by atoms with van der Waals surface area (Å²) in [4.78, 5) is 49.5. The lowest BCUT2D eigenvalue weighted by Crippen LogP contribution is -2.53. The predicted octanol–water partition coefficient (Wildman–Crippen LogP) is 1.55. The molecule has 206 valence electrons. The zero-order chi connectivity index (χ0) is 28.6. The third-order valence-corrected chi connectivity index (χ3v) is 7.50. The molecule has 0 fully saturated rings. The van der Waals surface area contributed by atoms with Gasteiger partial charge in [-0.2, -0.15) is 0 Å². The molecule has 1 unspecified atom stereocenters. The molecule has 3 aromatic rings. The molecule has 0 radical (unpaired) electrons. The van der Waals surface area contributed by atoms with Crippen LogP contribution in [-0.2, 0) is 34.8 Å². The Morgan fingerprint density at radius 3 is 2.18 bits per heavy atom. The molecule has 0 saturated heterocycles. The van der Waals surface area contributed by atoms with Crippen molar-refractivity contribution in [3.63, 3.8) is 0 Å². The second-order valence-electron chi connectivity index (χ2n) is 8.99. The fraction of sp³-hybridized carbons (Fsp3) is 0.259. The number of benzene rings is 3. The fourth-order valence-corrected chi connectivity index (χ4v) is 5.51. The molecule has 2 amide bonds. The SMILES string of the molecule is NC(CCC(=O)N[C@@H](CS(=O)(=O)Cc1ccc2ccccc2c1)C(=O)N(CC(=O)O)c1ccccc1)C(=O)O. The van der Waals surface area contributed by atoms with Crippen molar-refractivity contribution in [2.24, 2.45) is 5.73 Å². The van der Waals surface area contributed by atoms with Gasteiger partial charge in [0.15, 0.2) is 9.84 Å². The van der Waals surface area contributed by atoms with Crippen LogP contribution in [-0.4, -0.2) is 66.8 Å². The van der Waals surface area contributed by atoms with Gasteiger partial charge >= 0.3 is 11.9 Å².